The van der Waals surface area contributed by atoms with Crippen LogP contribution in [0.25, 0.3) is 21.7 Å². The Kier molecular flexibility index (Phi) is 2.94. The fraction of sp³-hybridized carbons (Fsp3) is 0.222. The summed E-state index contributed by atoms with van der Waals surface area (Å²) in [5.74, 6) is -0.186. The summed E-state index contributed by atoms with van der Waals surface area (Å²) in [6, 6.07) is 15.0. The van der Waals surface area contributed by atoms with Crippen LogP contribution in [0.1, 0.15) is 25.6 Å². The molecule has 3 heteroatoms. The van der Waals surface area contributed by atoms with Gasteiger partial charge in [0.25, 0.3) is 5.56 Å². The average Bonchev–Trinajstić information content (AvgIpc) is 2.46. The van der Waals surface area contributed by atoms with Crippen LogP contribution < -0.4 is 5.56 Å². The summed E-state index contributed by atoms with van der Waals surface area (Å²) < 4.78 is 1.32. The third-order valence-electron chi connectivity index (χ3n) is 3.64. The van der Waals surface area contributed by atoms with E-state index in [1.165, 1.54) is 4.57 Å². The topological polar surface area (TPSA) is 39.1 Å². The Morgan fingerprint density at radius 2 is 1.38 bits per heavy atom. The minimum absolute atomic E-state index is 0.186. The largest absolute Gasteiger partial charge is 0.273 e. The molecule has 0 bridgehead atoms. The molecule has 0 aliphatic rings. The zero-order chi connectivity index (χ0) is 15.2. The standard InChI is InChI=1S/C18H17NO2/c1-18(2,3)17(21)19-15-11-7-6-9-13(15)12-8-4-5-10-14(12)16(19)20/h4-11H,1-3H3. The highest BCUT2D eigenvalue weighted by molar-refractivity contribution is 6.08. The number of nitrogens with zero attached hydrogens (tertiary/aromatic N) is 1. The highest BCUT2D eigenvalue weighted by Crippen LogP contribution is 2.25. The molecule has 0 spiro atoms. The molecule has 1 aromatic heterocycles. The van der Waals surface area contributed by atoms with E-state index in [9.17, 15) is 9.59 Å². The van der Waals surface area contributed by atoms with Gasteiger partial charge in [-0.25, -0.2) is 4.57 Å². The summed E-state index contributed by atoms with van der Waals surface area (Å²) >= 11 is 0. The molecule has 0 radical (unpaired) electrons. The Morgan fingerprint density at radius 1 is 0.857 bits per heavy atom. The lowest BCUT2D eigenvalue weighted by atomic mass is 9.94. The molecule has 1 heterocycles. The van der Waals surface area contributed by atoms with Crippen LogP contribution in [-0.2, 0) is 0 Å². The molecule has 0 fully saturated rings. The van der Waals surface area contributed by atoms with E-state index in [-0.39, 0.29) is 11.5 Å². The Bertz CT molecular complexity index is 914. The molecule has 21 heavy (non-hydrogen) atoms. The minimum atomic E-state index is -0.616. The first-order valence-corrected chi connectivity index (χ1v) is 6.98. The predicted octanol–water partition coefficient (Wildman–Crippen LogP) is 3.84. The highest BCUT2D eigenvalue weighted by atomic mass is 16.2. The molecule has 0 saturated carbocycles. The van der Waals surface area contributed by atoms with E-state index in [2.05, 4.69) is 0 Å². The van der Waals surface area contributed by atoms with E-state index in [1.54, 1.807) is 6.07 Å². The number of carbonyl (C=O) groups excluding carboxylic acids is 1. The SMILES string of the molecule is CC(C)(C)C(=O)n1c(=O)c2ccccc2c2ccccc21. The van der Waals surface area contributed by atoms with Gasteiger partial charge < -0.3 is 0 Å². The van der Waals surface area contributed by atoms with Gasteiger partial charge in [-0.2, -0.15) is 0 Å². The summed E-state index contributed by atoms with van der Waals surface area (Å²) in [6.07, 6.45) is 0. The number of pyridine rings is 1. The van der Waals surface area contributed by atoms with E-state index < -0.39 is 5.41 Å². The van der Waals surface area contributed by atoms with Crippen LogP contribution in [0.5, 0.6) is 0 Å². The number of fused-ring (bicyclic) bond motifs is 3. The van der Waals surface area contributed by atoms with Crippen LogP contribution >= 0.6 is 0 Å². The second kappa shape index (κ2) is 4.55. The van der Waals surface area contributed by atoms with Gasteiger partial charge in [0.05, 0.1) is 5.52 Å². The van der Waals surface area contributed by atoms with Gasteiger partial charge in [-0.3, -0.25) is 9.59 Å². The molecule has 0 atom stereocenters. The molecule has 0 N–H and O–H groups in total. The molecule has 3 rings (SSSR count). The highest BCUT2D eigenvalue weighted by Gasteiger charge is 2.26. The van der Waals surface area contributed by atoms with Gasteiger partial charge in [0.1, 0.15) is 0 Å². The van der Waals surface area contributed by atoms with Crippen LogP contribution in [0, 0.1) is 5.41 Å². The fourth-order valence-electron chi connectivity index (χ4n) is 2.57. The zero-order valence-corrected chi connectivity index (χ0v) is 12.4. The van der Waals surface area contributed by atoms with Gasteiger partial charge in [0, 0.05) is 16.2 Å². The maximum atomic E-state index is 12.8. The number of rotatable bonds is 0. The molecule has 3 nitrogen and oxygen atoms in total. The van der Waals surface area contributed by atoms with Crippen LogP contribution in [0.2, 0.25) is 0 Å². The molecule has 106 valence electrons. The van der Waals surface area contributed by atoms with Crippen LogP contribution in [0.3, 0.4) is 0 Å². The predicted molar refractivity (Wildman–Crippen MR) is 85.8 cm³/mol. The average molecular weight is 279 g/mol. The lowest BCUT2D eigenvalue weighted by molar-refractivity contribution is 0.0768. The molecular formula is C18H17NO2. The summed E-state index contributed by atoms with van der Waals surface area (Å²) in [7, 11) is 0. The van der Waals surface area contributed by atoms with Crippen molar-refractivity contribution in [2.45, 2.75) is 20.8 Å². The van der Waals surface area contributed by atoms with Crippen molar-refractivity contribution < 1.29 is 4.79 Å². The monoisotopic (exact) mass is 279 g/mol. The number of hydrogen-bond acceptors (Lipinski definition) is 2. The summed E-state index contributed by atoms with van der Waals surface area (Å²) in [4.78, 5) is 25.5. The second-order valence-corrected chi connectivity index (χ2v) is 6.26. The van der Waals surface area contributed by atoms with Gasteiger partial charge in [0.2, 0.25) is 5.91 Å². The molecule has 0 amide bonds. The van der Waals surface area contributed by atoms with Crippen LogP contribution in [0.4, 0.5) is 0 Å². The van der Waals surface area contributed by atoms with E-state index in [0.717, 1.165) is 10.8 Å². The summed E-state index contributed by atoms with van der Waals surface area (Å²) in [5.41, 5.74) is -0.194. The van der Waals surface area contributed by atoms with E-state index in [1.807, 2.05) is 63.2 Å². The maximum Gasteiger partial charge on any atom is 0.265 e. The van der Waals surface area contributed by atoms with Crippen molar-refractivity contribution in [3.05, 3.63) is 58.9 Å². The van der Waals surface area contributed by atoms with Gasteiger partial charge in [-0.1, -0.05) is 57.2 Å². The van der Waals surface area contributed by atoms with E-state index >= 15 is 0 Å². The lowest BCUT2D eigenvalue weighted by Gasteiger charge is -2.20. The van der Waals surface area contributed by atoms with Crippen molar-refractivity contribution in [1.82, 2.24) is 4.57 Å². The zero-order valence-electron chi connectivity index (χ0n) is 12.4. The molecular weight excluding hydrogens is 262 g/mol. The third-order valence-corrected chi connectivity index (χ3v) is 3.64. The third kappa shape index (κ3) is 2.05. The fourth-order valence-corrected chi connectivity index (χ4v) is 2.57. The van der Waals surface area contributed by atoms with Crippen molar-refractivity contribution in [3.8, 4) is 0 Å². The molecule has 0 unspecified atom stereocenters. The first kappa shape index (κ1) is 13.6. The van der Waals surface area contributed by atoms with Gasteiger partial charge in [0.15, 0.2) is 0 Å². The minimum Gasteiger partial charge on any atom is -0.273 e. The quantitative estimate of drug-likeness (QED) is 0.586. The maximum absolute atomic E-state index is 12.8. The van der Waals surface area contributed by atoms with Crippen LogP contribution in [-0.4, -0.2) is 10.5 Å². The first-order valence-electron chi connectivity index (χ1n) is 6.98. The normalized spacial score (nSPS) is 12.0. The molecule has 3 aromatic rings. The number of carbonyl (C=O) groups is 1. The lowest BCUT2D eigenvalue weighted by Crippen LogP contribution is -2.35. The Morgan fingerprint density at radius 3 is 2.00 bits per heavy atom. The number of aromatic nitrogens is 1. The van der Waals surface area contributed by atoms with Crippen molar-refractivity contribution in [2.75, 3.05) is 0 Å². The Labute approximate surface area is 122 Å². The number of benzene rings is 2. The number of hydrogen-bond donors (Lipinski definition) is 0. The molecule has 0 aliphatic carbocycles. The first-order chi connectivity index (χ1) is 9.91. The van der Waals surface area contributed by atoms with Gasteiger partial charge in [-0.05, 0) is 17.5 Å². The molecule has 2 aromatic carbocycles. The van der Waals surface area contributed by atoms with Gasteiger partial charge >= 0.3 is 0 Å². The summed E-state index contributed by atoms with van der Waals surface area (Å²) in [5, 5.41) is 2.38. The smallest absolute Gasteiger partial charge is 0.265 e. The van der Waals surface area contributed by atoms with E-state index in [0.29, 0.717) is 10.9 Å². The van der Waals surface area contributed by atoms with Crippen LogP contribution in [0.15, 0.2) is 53.3 Å². The van der Waals surface area contributed by atoms with Crippen molar-refractivity contribution >= 4 is 27.6 Å². The van der Waals surface area contributed by atoms with Gasteiger partial charge in [-0.15, -0.1) is 0 Å². The number of para-hydroxylation sites is 1. The van der Waals surface area contributed by atoms with Crippen molar-refractivity contribution in [3.63, 3.8) is 0 Å². The molecule has 0 aliphatic heterocycles. The van der Waals surface area contributed by atoms with Crippen molar-refractivity contribution in [2.24, 2.45) is 5.41 Å². The summed E-state index contributed by atoms with van der Waals surface area (Å²) in [6.45, 7) is 5.48. The Balaban J connectivity index is 2.56. The second-order valence-electron chi connectivity index (χ2n) is 6.26. The van der Waals surface area contributed by atoms with Crippen molar-refractivity contribution in [1.29, 1.82) is 0 Å². The molecule has 0 saturated heterocycles. The van der Waals surface area contributed by atoms with E-state index in [4.69, 9.17) is 0 Å². The Hall–Kier alpha value is -2.42.